The molecule has 0 saturated carbocycles. The molecular formula is C18H15FN4O4S2. The van der Waals surface area contributed by atoms with E-state index in [0.29, 0.717) is 15.4 Å². The van der Waals surface area contributed by atoms with Crippen molar-refractivity contribution in [3.05, 3.63) is 54.9 Å². The zero-order chi connectivity index (χ0) is 20.5. The zero-order valence-corrected chi connectivity index (χ0v) is 16.6. The van der Waals surface area contributed by atoms with E-state index in [0.717, 1.165) is 55.1 Å². The molecule has 8 nitrogen and oxygen atoms in total. The Bertz CT molecular complexity index is 1190. The van der Waals surface area contributed by atoms with Crippen LogP contribution in [0.15, 0.2) is 28.2 Å². The lowest BCUT2D eigenvalue weighted by Crippen LogP contribution is -2.16. The average Bonchev–Trinajstić information content (AvgIpc) is 3.06. The Morgan fingerprint density at radius 1 is 1.38 bits per heavy atom. The summed E-state index contributed by atoms with van der Waals surface area (Å²) in [6.07, 6.45) is 4.03. The normalized spacial score (nSPS) is 13.3. The number of aromatic nitrogens is 2. The molecule has 1 amide bonds. The van der Waals surface area contributed by atoms with Gasteiger partial charge in [-0.3, -0.25) is 19.7 Å². The number of aryl methyl sites for hydroxylation is 2. The van der Waals surface area contributed by atoms with Crippen LogP contribution < -0.4 is 10.9 Å². The van der Waals surface area contributed by atoms with E-state index < -0.39 is 22.3 Å². The summed E-state index contributed by atoms with van der Waals surface area (Å²) in [7, 11) is 0. The third-order valence-electron chi connectivity index (χ3n) is 4.57. The number of hydrogen-bond donors (Lipinski definition) is 2. The molecule has 0 aliphatic heterocycles. The minimum Gasteiger partial charge on any atom is -0.325 e. The van der Waals surface area contributed by atoms with Gasteiger partial charge >= 0.3 is 5.69 Å². The van der Waals surface area contributed by atoms with Crippen LogP contribution in [0.4, 0.5) is 15.8 Å². The quantitative estimate of drug-likeness (QED) is 0.274. The summed E-state index contributed by atoms with van der Waals surface area (Å²) in [6.45, 7) is 0. The zero-order valence-electron chi connectivity index (χ0n) is 15.0. The van der Waals surface area contributed by atoms with E-state index in [1.807, 2.05) is 0 Å². The number of hydrogen-bond acceptors (Lipinski definition) is 7. The van der Waals surface area contributed by atoms with Crippen LogP contribution >= 0.6 is 23.1 Å². The summed E-state index contributed by atoms with van der Waals surface area (Å²) < 4.78 is 13.4. The maximum Gasteiger partial charge on any atom is 0.306 e. The smallest absolute Gasteiger partial charge is 0.306 e. The maximum atomic E-state index is 13.4. The molecule has 2 aromatic heterocycles. The molecule has 0 bridgehead atoms. The summed E-state index contributed by atoms with van der Waals surface area (Å²) in [5.74, 6) is -1.50. The van der Waals surface area contributed by atoms with Gasteiger partial charge in [-0.15, -0.1) is 11.3 Å². The largest absolute Gasteiger partial charge is 0.325 e. The summed E-state index contributed by atoms with van der Waals surface area (Å²) in [5.41, 5.74) is 0.295. The second-order valence-corrected chi connectivity index (χ2v) is 8.57. The molecule has 1 aromatic carbocycles. The first-order chi connectivity index (χ1) is 13.9. The molecule has 0 atom stereocenters. The van der Waals surface area contributed by atoms with Gasteiger partial charge in [0.25, 0.3) is 5.56 Å². The SMILES string of the molecule is O=C(CSc1nc2sc3c(c2c(=O)[nH]1)CCCC3)Nc1ccc(F)c([N+](=O)[O-])c1. The number of aromatic amines is 1. The number of thiophene rings is 1. The summed E-state index contributed by atoms with van der Waals surface area (Å²) >= 11 is 2.58. The van der Waals surface area contributed by atoms with Crippen LogP contribution in [-0.2, 0) is 17.6 Å². The highest BCUT2D eigenvalue weighted by Crippen LogP contribution is 2.34. The fourth-order valence-electron chi connectivity index (χ4n) is 3.27. The molecule has 0 saturated heterocycles. The van der Waals surface area contributed by atoms with Gasteiger partial charge in [0.05, 0.1) is 16.1 Å². The number of amides is 1. The molecule has 29 heavy (non-hydrogen) atoms. The number of carbonyl (C=O) groups excluding carboxylic acids is 1. The van der Waals surface area contributed by atoms with Crippen molar-refractivity contribution in [2.45, 2.75) is 30.8 Å². The standard InChI is InChI=1S/C18H15FN4O4S2/c19-11-6-5-9(7-12(11)23(26)27)20-14(24)8-28-18-21-16(25)15-10-3-1-2-4-13(10)29-17(15)22-18/h5-7H,1-4,8H2,(H,20,24)(H,21,22,25). The number of nitro groups is 1. The minimum atomic E-state index is -0.976. The van der Waals surface area contributed by atoms with E-state index in [4.69, 9.17) is 0 Å². The molecule has 2 heterocycles. The van der Waals surface area contributed by atoms with Gasteiger partial charge in [0.2, 0.25) is 11.7 Å². The highest BCUT2D eigenvalue weighted by Gasteiger charge is 2.20. The van der Waals surface area contributed by atoms with E-state index in [-0.39, 0.29) is 17.0 Å². The van der Waals surface area contributed by atoms with Crippen LogP contribution in [0, 0.1) is 15.9 Å². The Morgan fingerprint density at radius 3 is 2.97 bits per heavy atom. The third kappa shape index (κ3) is 4.01. The molecule has 1 aliphatic rings. The number of fused-ring (bicyclic) bond motifs is 3. The number of thioether (sulfide) groups is 1. The van der Waals surface area contributed by atoms with Crippen molar-refractivity contribution >= 4 is 50.6 Å². The summed E-state index contributed by atoms with van der Waals surface area (Å²) in [6, 6.07) is 3.12. The second kappa shape index (κ2) is 7.91. The van der Waals surface area contributed by atoms with Crippen molar-refractivity contribution in [2.24, 2.45) is 0 Å². The Morgan fingerprint density at radius 2 is 2.17 bits per heavy atom. The monoisotopic (exact) mass is 434 g/mol. The predicted molar refractivity (Wildman–Crippen MR) is 109 cm³/mol. The van der Waals surface area contributed by atoms with Gasteiger partial charge in [-0.25, -0.2) is 4.98 Å². The number of nitro benzene ring substituents is 1. The minimum absolute atomic E-state index is 0.0648. The number of benzene rings is 1. The number of nitrogens with one attached hydrogen (secondary N) is 2. The number of anilines is 1. The number of carbonyl (C=O) groups is 1. The molecule has 3 aromatic rings. The number of H-pyrrole nitrogens is 1. The van der Waals surface area contributed by atoms with Crippen molar-refractivity contribution in [1.29, 1.82) is 0 Å². The van der Waals surface area contributed by atoms with Crippen LogP contribution in [0.3, 0.4) is 0 Å². The third-order valence-corrected chi connectivity index (χ3v) is 6.63. The Hall–Kier alpha value is -2.79. The van der Waals surface area contributed by atoms with Crippen LogP contribution in [-0.4, -0.2) is 26.6 Å². The van der Waals surface area contributed by atoms with E-state index in [1.54, 1.807) is 0 Å². The van der Waals surface area contributed by atoms with Crippen molar-refractivity contribution in [2.75, 3.05) is 11.1 Å². The number of nitrogens with zero attached hydrogens (tertiary/aromatic N) is 2. The van der Waals surface area contributed by atoms with Gasteiger partial charge in [-0.05, 0) is 43.4 Å². The second-order valence-electron chi connectivity index (χ2n) is 6.52. The number of halogens is 1. The fraction of sp³-hybridized carbons (Fsp3) is 0.278. The Kier molecular flexibility index (Phi) is 5.33. The van der Waals surface area contributed by atoms with Crippen LogP contribution in [0.5, 0.6) is 0 Å². The molecule has 150 valence electrons. The topological polar surface area (TPSA) is 118 Å². The molecule has 11 heteroatoms. The highest BCUT2D eigenvalue weighted by atomic mass is 32.2. The number of rotatable bonds is 5. The Balaban J connectivity index is 1.47. The van der Waals surface area contributed by atoms with Gasteiger partial charge in [0, 0.05) is 16.6 Å². The molecular weight excluding hydrogens is 419 g/mol. The molecule has 4 rings (SSSR count). The van der Waals surface area contributed by atoms with Gasteiger partial charge in [0.15, 0.2) is 5.16 Å². The first-order valence-electron chi connectivity index (χ1n) is 8.83. The lowest BCUT2D eigenvalue weighted by atomic mass is 9.97. The van der Waals surface area contributed by atoms with Gasteiger partial charge < -0.3 is 10.3 Å². The summed E-state index contributed by atoms with van der Waals surface area (Å²) in [4.78, 5) is 43.7. The van der Waals surface area contributed by atoms with E-state index >= 15 is 0 Å². The van der Waals surface area contributed by atoms with Crippen LogP contribution in [0.2, 0.25) is 0 Å². The molecule has 1 aliphatic carbocycles. The van der Waals surface area contributed by atoms with Crippen molar-refractivity contribution in [3.8, 4) is 0 Å². The Labute approximate surface area is 171 Å². The van der Waals surface area contributed by atoms with E-state index in [1.165, 1.54) is 22.3 Å². The molecule has 2 N–H and O–H groups in total. The fourth-order valence-corrected chi connectivity index (χ4v) is 5.25. The first kappa shape index (κ1) is 19.5. The lowest BCUT2D eigenvalue weighted by Gasteiger charge is -2.09. The average molecular weight is 434 g/mol. The van der Waals surface area contributed by atoms with Gasteiger partial charge in [-0.2, -0.15) is 4.39 Å². The van der Waals surface area contributed by atoms with Crippen LogP contribution in [0.1, 0.15) is 23.3 Å². The van der Waals surface area contributed by atoms with Gasteiger partial charge in [-0.1, -0.05) is 11.8 Å². The maximum absolute atomic E-state index is 13.4. The molecule has 0 unspecified atom stereocenters. The van der Waals surface area contributed by atoms with E-state index in [9.17, 15) is 24.1 Å². The van der Waals surface area contributed by atoms with E-state index in [2.05, 4.69) is 15.3 Å². The summed E-state index contributed by atoms with van der Waals surface area (Å²) in [5, 5.41) is 14.3. The lowest BCUT2D eigenvalue weighted by molar-refractivity contribution is -0.387. The molecule has 0 radical (unpaired) electrons. The van der Waals surface area contributed by atoms with Crippen molar-refractivity contribution in [1.82, 2.24) is 9.97 Å². The van der Waals surface area contributed by atoms with Crippen molar-refractivity contribution < 1.29 is 14.1 Å². The van der Waals surface area contributed by atoms with Gasteiger partial charge in [0.1, 0.15) is 4.83 Å². The first-order valence-corrected chi connectivity index (χ1v) is 10.6. The molecule has 0 fully saturated rings. The highest BCUT2D eigenvalue weighted by molar-refractivity contribution is 7.99. The predicted octanol–water partition coefficient (Wildman–Crippen LogP) is 3.64. The van der Waals surface area contributed by atoms with Crippen LogP contribution in [0.25, 0.3) is 10.2 Å². The molecule has 0 spiro atoms. The van der Waals surface area contributed by atoms with Crippen molar-refractivity contribution in [3.63, 3.8) is 0 Å².